The first-order valence-corrected chi connectivity index (χ1v) is 9.13. The number of carbonyl (C=O) groups is 2. The van der Waals surface area contributed by atoms with Gasteiger partial charge in [0.15, 0.2) is 0 Å². The highest BCUT2D eigenvalue weighted by molar-refractivity contribution is 6.34. The number of benzene rings is 1. The van der Waals surface area contributed by atoms with Crippen molar-refractivity contribution in [2.75, 3.05) is 38.1 Å². The monoisotopic (exact) mass is 347 g/mol. The Morgan fingerprint density at radius 1 is 1.00 bits per heavy atom. The highest BCUT2D eigenvalue weighted by atomic mass is 19.1. The van der Waals surface area contributed by atoms with Crippen LogP contribution in [0.25, 0.3) is 0 Å². The van der Waals surface area contributed by atoms with Crippen LogP contribution < -0.4 is 4.90 Å². The summed E-state index contributed by atoms with van der Waals surface area (Å²) in [5.74, 6) is -1.04. The molecule has 0 N–H and O–H groups in total. The first kappa shape index (κ1) is 17.7. The van der Waals surface area contributed by atoms with E-state index in [-0.39, 0.29) is 17.8 Å². The van der Waals surface area contributed by atoms with Gasteiger partial charge in [0.25, 0.3) is 0 Å². The fraction of sp³-hybridized carbons (Fsp3) is 0.579. The van der Waals surface area contributed by atoms with Crippen LogP contribution in [-0.2, 0) is 9.59 Å². The van der Waals surface area contributed by atoms with Gasteiger partial charge < -0.3 is 14.7 Å². The van der Waals surface area contributed by atoms with Gasteiger partial charge in [0.1, 0.15) is 5.82 Å². The molecule has 6 heteroatoms. The van der Waals surface area contributed by atoms with E-state index in [2.05, 4.69) is 4.90 Å². The molecule has 0 bridgehead atoms. The lowest BCUT2D eigenvalue weighted by Gasteiger charge is -2.37. The van der Waals surface area contributed by atoms with Crippen molar-refractivity contribution in [3.8, 4) is 0 Å². The molecule has 1 aliphatic carbocycles. The molecule has 1 saturated carbocycles. The van der Waals surface area contributed by atoms with Crippen molar-refractivity contribution in [3.63, 3.8) is 0 Å². The smallest absolute Gasteiger partial charge is 0.312 e. The molecule has 136 valence electrons. The van der Waals surface area contributed by atoms with Crippen molar-refractivity contribution in [2.24, 2.45) is 0 Å². The van der Waals surface area contributed by atoms with Gasteiger partial charge in [-0.15, -0.1) is 0 Å². The van der Waals surface area contributed by atoms with Gasteiger partial charge in [-0.25, -0.2) is 4.39 Å². The molecule has 1 saturated heterocycles. The minimum Gasteiger partial charge on any atom is -0.368 e. The minimum absolute atomic E-state index is 0.200. The van der Waals surface area contributed by atoms with Crippen molar-refractivity contribution in [3.05, 3.63) is 30.1 Å². The Morgan fingerprint density at radius 2 is 1.60 bits per heavy atom. The molecule has 3 rings (SSSR count). The van der Waals surface area contributed by atoms with E-state index in [1.807, 2.05) is 0 Å². The SMILES string of the molecule is CN(C(=O)C(=O)N1CCN(c2ccc(F)cc2)CC1)C1CCCCC1. The van der Waals surface area contributed by atoms with Crippen LogP contribution in [-0.4, -0.2) is 60.9 Å². The van der Waals surface area contributed by atoms with Crippen LogP contribution in [0.2, 0.25) is 0 Å². The summed E-state index contributed by atoms with van der Waals surface area (Å²) >= 11 is 0. The second-order valence-electron chi connectivity index (χ2n) is 6.96. The number of nitrogens with zero attached hydrogens (tertiary/aromatic N) is 3. The summed E-state index contributed by atoms with van der Waals surface area (Å²) in [6, 6.07) is 6.57. The molecule has 1 aromatic rings. The third-order valence-electron chi connectivity index (χ3n) is 5.38. The van der Waals surface area contributed by atoms with Gasteiger partial charge in [0, 0.05) is 45.0 Å². The Hall–Kier alpha value is -2.11. The van der Waals surface area contributed by atoms with E-state index in [0.717, 1.165) is 31.4 Å². The van der Waals surface area contributed by atoms with Crippen molar-refractivity contribution >= 4 is 17.5 Å². The largest absolute Gasteiger partial charge is 0.368 e. The summed E-state index contributed by atoms with van der Waals surface area (Å²) in [6.45, 7) is 2.33. The van der Waals surface area contributed by atoms with E-state index in [1.54, 1.807) is 29.0 Å². The fourth-order valence-corrected chi connectivity index (χ4v) is 3.74. The van der Waals surface area contributed by atoms with E-state index < -0.39 is 5.91 Å². The highest BCUT2D eigenvalue weighted by Crippen LogP contribution is 2.22. The normalized spacial score (nSPS) is 19.0. The van der Waals surface area contributed by atoms with E-state index in [4.69, 9.17) is 0 Å². The van der Waals surface area contributed by atoms with Gasteiger partial charge >= 0.3 is 11.8 Å². The maximum atomic E-state index is 13.0. The van der Waals surface area contributed by atoms with E-state index in [1.165, 1.54) is 18.6 Å². The molecular formula is C19H26FN3O2. The molecule has 0 aromatic heterocycles. The van der Waals surface area contributed by atoms with Crippen LogP contribution in [0.3, 0.4) is 0 Å². The summed E-state index contributed by atoms with van der Waals surface area (Å²) in [5.41, 5.74) is 0.944. The predicted octanol–water partition coefficient (Wildman–Crippen LogP) is 2.27. The minimum atomic E-state index is -0.396. The summed E-state index contributed by atoms with van der Waals surface area (Å²) in [4.78, 5) is 30.4. The van der Waals surface area contributed by atoms with Crippen LogP contribution in [0.15, 0.2) is 24.3 Å². The fourth-order valence-electron chi connectivity index (χ4n) is 3.74. The number of hydrogen-bond acceptors (Lipinski definition) is 3. The first-order chi connectivity index (χ1) is 12.1. The zero-order chi connectivity index (χ0) is 17.8. The molecule has 2 fully saturated rings. The lowest BCUT2D eigenvalue weighted by Crippen LogP contribution is -2.54. The van der Waals surface area contributed by atoms with Gasteiger partial charge in [-0.3, -0.25) is 9.59 Å². The topological polar surface area (TPSA) is 43.9 Å². The molecule has 5 nitrogen and oxygen atoms in total. The molecule has 1 aliphatic heterocycles. The number of anilines is 1. The zero-order valence-corrected chi connectivity index (χ0v) is 14.8. The highest BCUT2D eigenvalue weighted by Gasteiger charge is 2.31. The second-order valence-corrected chi connectivity index (χ2v) is 6.96. The Labute approximate surface area is 148 Å². The maximum absolute atomic E-state index is 13.0. The Morgan fingerprint density at radius 3 is 2.20 bits per heavy atom. The molecule has 1 heterocycles. The van der Waals surface area contributed by atoms with Gasteiger partial charge in [-0.2, -0.15) is 0 Å². The van der Waals surface area contributed by atoms with Crippen molar-refractivity contribution < 1.29 is 14.0 Å². The molecule has 0 radical (unpaired) electrons. The average molecular weight is 347 g/mol. The van der Waals surface area contributed by atoms with E-state index in [0.29, 0.717) is 26.2 Å². The van der Waals surface area contributed by atoms with Crippen LogP contribution in [0.5, 0.6) is 0 Å². The average Bonchev–Trinajstić information content (AvgIpc) is 2.67. The predicted molar refractivity (Wildman–Crippen MR) is 94.8 cm³/mol. The molecular weight excluding hydrogens is 321 g/mol. The number of carbonyl (C=O) groups excluding carboxylic acids is 2. The number of halogens is 1. The van der Waals surface area contributed by atoms with Gasteiger partial charge in [-0.1, -0.05) is 19.3 Å². The Bertz CT molecular complexity index is 606. The molecule has 0 atom stereocenters. The molecule has 2 amide bonds. The molecule has 0 unspecified atom stereocenters. The number of hydrogen-bond donors (Lipinski definition) is 0. The number of likely N-dealkylation sites (N-methyl/N-ethyl adjacent to an activating group) is 1. The third-order valence-corrected chi connectivity index (χ3v) is 5.38. The Balaban J connectivity index is 1.53. The molecule has 1 aromatic carbocycles. The third kappa shape index (κ3) is 4.11. The second kappa shape index (κ2) is 7.85. The van der Waals surface area contributed by atoms with Crippen LogP contribution in [0.1, 0.15) is 32.1 Å². The van der Waals surface area contributed by atoms with Crippen LogP contribution in [0, 0.1) is 5.82 Å². The summed E-state index contributed by atoms with van der Waals surface area (Å²) in [6.07, 6.45) is 5.47. The number of piperazine rings is 1. The van der Waals surface area contributed by atoms with Gasteiger partial charge in [-0.05, 0) is 37.1 Å². The maximum Gasteiger partial charge on any atom is 0.312 e. The lowest BCUT2D eigenvalue weighted by molar-refractivity contribution is -0.152. The van der Waals surface area contributed by atoms with Crippen molar-refractivity contribution in [1.29, 1.82) is 0 Å². The zero-order valence-electron chi connectivity index (χ0n) is 14.8. The van der Waals surface area contributed by atoms with Crippen LogP contribution >= 0.6 is 0 Å². The summed E-state index contributed by atoms with van der Waals surface area (Å²) in [5, 5.41) is 0. The molecule has 0 spiro atoms. The van der Waals surface area contributed by atoms with E-state index >= 15 is 0 Å². The lowest BCUT2D eigenvalue weighted by atomic mass is 9.94. The van der Waals surface area contributed by atoms with Gasteiger partial charge in [0.05, 0.1) is 0 Å². The summed E-state index contributed by atoms with van der Waals surface area (Å²) < 4.78 is 13.0. The molecule has 25 heavy (non-hydrogen) atoms. The number of rotatable bonds is 2. The first-order valence-electron chi connectivity index (χ1n) is 9.13. The standard InChI is InChI=1S/C19H26FN3O2/c1-21(16-5-3-2-4-6-16)18(24)19(25)23-13-11-22(12-14-23)17-9-7-15(20)8-10-17/h7-10,16H,2-6,11-14H2,1H3. The molecule has 2 aliphatic rings. The Kier molecular flexibility index (Phi) is 5.56. The van der Waals surface area contributed by atoms with Gasteiger partial charge in [0.2, 0.25) is 0 Å². The van der Waals surface area contributed by atoms with Crippen LogP contribution in [0.4, 0.5) is 10.1 Å². The summed E-state index contributed by atoms with van der Waals surface area (Å²) in [7, 11) is 1.75. The number of amides is 2. The van der Waals surface area contributed by atoms with Crippen molar-refractivity contribution in [2.45, 2.75) is 38.1 Å². The van der Waals surface area contributed by atoms with E-state index in [9.17, 15) is 14.0 Å². The quantitative estimate of drug-likeness (QED) is 0.771. The van der Waals surface area contributed by atoms with Crippen molar-refractivity contribution in [1.82, 2.24) is 9.80 Å².